The molecule has 6 nitrogen and oxygen atoms in total. The van der Waals surface area contributed by atoms with E-state index < -0.39 is 0 Å². The molecule has 2 aromatic rings. The van der Waals surface area contributed by atoms with Crippen molar-refractivity contribution < 1.29 is 4.79 Å². The molecule has 0 fully saturated rings. The van der Waals surface area contributed by atoms with Gasteiger partial charge in [-0.2, -0.15) is 10.2 Å². The Bertz CT molecular complexity index is 641. The van der Waals surface area contributed by atoms with Gasteiger partial charge in [0.15, 0.2) is 0 Å². The molecule has 21 heavy (non-hydrogen) atoms. The summed E-state index contributed by atoms with van der Waals surface area (Å²) in [7, 11) is 0. The Labute approximate surface area is 124 Å². The van der Waals surface area contributed by atoms with Gasteiger partial charge >= 0.3 is 0 Å². The molecule has 114 valence electrons. The summed E-state index contributed by atoms with van der Waals surface area (Å²) in [4.78, 5) is 12.4. The third kappa shape index (κ3) is 3.32. The molecule has 6 heteroatoms. The molecule has 0 aliphatic rings. The highest BCUT2D eigenvalue weighted by Crippen LogP contribution is 2.13. The Kier molecular flexibility index (Phi) is 4.45. The van der Waals surface area contributed by atoms with Crippen LogP contribution in [0.4, 0.5) is 0 Å². The molecule has 1 unspecified atom stereocenters. The van der Waals surface area contributed by atoms with Gasteiger partial charge in [0.1, 0.15) is 0 Å². The number of nitrogens with zero attached hydrogens (tertiary/aromatic N) is 3. The van der Waals surface area contributed by atoms with E-state index in [0.717, 1.165) is 29.3 Å². The number of carbonyl (C=O) groups is 1. The molecule has 2 heterocycles. The molecule has 2 N–H and O–H groups in total. The van der Waals surface area contributed by atoms with Crippen molar-refractivity contribution in [1.82, 2.24) is 25.3 Å². The van der Waals surface area contributed by atoms with Crippen LogP contribution in [0.15, 0.2) is 6.07 Å². The minimum absolute atomic E-state index is 0.0176. The standard InChI is InChI=1S/C15H23N5O/c1-6-20-12(5)14(11(4)19-20)15(21)16-9(2)7-13-8-10(3)17-18-13/h8-9H,6-7H2,1-5H3,(H,16,21)(H,17,18). The minimum atomic E-state index is -0.0653. The van der Waals surface area contributed by atoms with E-state index in [1.54, 1.807) is 0 Å². The van der Waals surface area contributed by atoms with Crippen molar-refractivity contribution in [3.63, 3.8) is 0 Å². The summed E-state index contributed by atoms with van der Waals surface area (Å²) in [6.07, 6.45) is 0.704. The molecule has 0 bridgehead atoms. The molecule has 2 rings (SSSR count). The lowest BCUT2D eigenvalue weighted by molar-refractivity contribution is 0.0938. The van der Waals surface area contributed by atoms with E-state index >= 15 is 0 Å². The predicted molar refractivity (Wildman–Crippen MR) is 81.3 cm³/mol. The minimum Gasteiger partial charge on any atom is -0.349 e. The van der Waals surface area contributed by atoms with Crippen LogP contribution in [0, 0.1) is 20.8 Å². The van der Waals surface area contributed by atoms with Gasteiger partial charge in [-0.25, -0.2) is 0 Å². The second-order valence-corrected chi connectivity index (χ2v) is 5.48. The molecule has 0 saturated heterocycles. The zero-order chi connectivity index (χ0) is 15.6. The van der Waals surface area contributed by atoms with E-state index in [1.807, 2.05) is 45.4 Å². The van der Waals surface area contributed by atoms with Crippen molar-refractivity contribution in [3.8, 4) is 0 Å². The fourth-order valence-corrected chi connectivity index (χ4v) is 2.57. The van der Waals surface area contributed by atoms with Crippen molar-refractivity contribution in [3.05, 3.63) is 34.4 Å². The summed E-state index contributed by atoms with van der Waals surface area (Å²) in [5, 5.41) is 14.5. The first-order chi connectivity index (χ1) is 9.92. The molecule has 1 atom stereocenters. The van der Waals surface area contributed by atoms with Gasteiger partial charge in [0.2, 0.25) is 0 Å². The summed E-state index contributed by atoms with van der Waals surface area (Å²) >= 11 is 0. The molecule has 0 saturated carbocycles. The van der Waals surface area contributed by atoms with Crippen LogP contribution in [0.3, 0.4) is 0 Å². The van der Waals surface area contributed by atoms with Crippen LogP contribution in [0.25, 0.3) is 0 Å². The number of hydrogen-bond donors (Lipinski definition) is 2. The second kappa shape index (κ2) is 6.11. The maximum atomic E-state index is 12.4. The number of hydrogen-bond acceptors (Lipinski definition) is 3. The van der Waals surface area contributed by atoms with Crippen LogP contribution in [0.5, 0.6) is 0 Å². The second-order valence-electron chi connectivity index (χ2n) is 5.48. The highest BCUT2D eigenvalue weighted by Gasteiger charge is 2.19. The maximum Gasteiger partial charge on any atom is 0.255 e. The predicted octanol–water partition coefficient (Wildman–Crippen LogP) is 1.91. The van der Waals surface area contributed by atoms with Crippen molar-refractivity contribution >= 4 is 5.91 Å². The highest BCUT2D eigenvalue weighted by atomic mass is 16.1. The Hall–Kier alpha value is -2.11. The molecule has 0 aliphatic carbocycles. The third-order valence-corrected chi connectivity index (χ3v) is 3.56. The number of nitrogens with one attached hydrogen (secondary N) is 2. The van der Waals surface area contributed by atoms with Crippen LogP contribution < -0.4 is 5.32 Å². The first-order valence-corrected chi connectivity index (χ1v) is 7.28. The van der Waals surface area contributed by atoms with Crippen molar-refractivity contribution in [2.75, 3.05) is 0 Å². The Morgan fingerprint density at radius 2 is 2.14 bits per heavy atom. The quantitative estimate of drug-likeness (QED) is 0.883. The first kappa shape index (κ1) is 15.3. The Morgan fingerprint density at radius 3 is 2.67 bits per heavy atom. The molecule has 0 spiro atoms. The van der Waals surface area contributed by atoms with Crippen LogP contribution in [0.2, 0.25) is 0 Å². The molecular formula is C15H23N5O. The Morgan fingerprint density at radius 1 is 1.43 bits per heavy atom. The lowest BCUT2D eigenvalue weighted by Crippen LogP contribution is -2.34. The topological polar surface area (TPSA) is 75.6 Å². The summed E-state index contributed by atoms with van der Waals surface area (Å²) in [5.74, 6) is -0.0653. The van der Waals surface area contributed by atoms with Gasteiger partial charge in [-0.1, -0.05) is 0 Å². The van der Waals surface area contributed by atoms with E-state index in [0.29, 0.717) is 12.0 Å². The number of carbonyl (C=O) groups excluding carboxylic acids is 1. The average molecular weight is 289 g/mol. The fourth-order valence-electron chi connectivity index (χ4n) is 2.57. The number of aryl methyl sites for hydroxylation is 3. The molecule has 1 amide bonds. The van der Waals surface area contributed by atoms with E-state index in [2.05, 4.69) is 20.6 Å². The van der Waals surface area contributed by atoms with Crippen molar-refractivity contribution in [1.29, 1.82) is 0 Å². The molecule has 0 aliphatic heterocycles. The lowest BCUT2D eigenvalue weighted by atomic mass is 10.1. The summed E-state index contributed by atoms with van der Waals surface area (Å²) in [6.45, 7) is 10.5. The van der Waals surface area contributed by atoms with Gasteiger partial charge in [-0.15, -0.1) is 0 Å². The van der Waals surface area contributed by atoms with Crippen LogP contribution in [-0.2, 0) is 13.0 Å². The normalized spacial score (nSPS) is 12.4. The molecule has 0 radical (unpaired) electrons. The molecule has 0 aromatic carbocycles. The van der Waals surface area contributed by atoms with E-state index in [-0.39, 0.29) is 11.9 Å². The number of rotatable bonds is 5. The third-order valence-electron chi connectivity index (χ3n) is 3.56. The largest absolute Gasteiger partial charge is 0.349 e. The van der Waals surface area contributed by atoms with Gasteiger partial charge in [0, 0.05) is 30.4 Å². The SMILES string of the molecule is CCn1nc(C)c(C(=O)NC(C)Cc2cc(C)[nH]n2)c1C. The van der Waals surface area contributed by atoms with Crippen molar-refractivity contribution in [2.24, 2.45) is 0 Å². The van der Waals surface area contributed by atoms with E-state index in [4.69, 9.17) is 0 Å². The number of aromatic nitrogens is 4. The zero-order valence-electron chi connectivity index (χ0n) is 13.3. The Balaban J connectivity index is 2.05. The summed E-state index contributed by atoms with van der Waals surface area (Å²) in [6, 6.07) is 2.01. The average Bonchev–Trinajstić information content (AvgIpc) is 2.92. The maximum absolute atomic E-state index is 12.4. The van der Waals surface area contributed by atoms with Crippen LogP contribution in [-0.4, -0.2) is 31.9 Å². The van der Waals surface area contributed by atoms with Gasteiger partial charge in [-0.3, -0.25) is 14.6 Å². The smallest absolute Gasteiger partial charge is 0.255 e. The first-order valence-electron chi connectivity index (χ1n) is 7.28. The number of amides is 1. The van der Waals surface area contributed by atoms with Gasteiger partial charge < -0.3 is 5.32 Å². The summed E-state index contributed by atoms with van der Waals surface area (Å²) < 4.78 is 1.85. The van der Waals surface area contributed by atoms with Gasteiger partial charge in [0.25, 0.3) is 5.91 Å². The van der Waals surface area contributed by atoms with E-state index in [1.165, 1.54) is 0 Å². The molecule has 2 aromatic heterocycles. The van der Waals surface area contributed by atoms with Crippen LogP contribution >= 0.6 is 0 Å². The van der Waals surface area contributed by atoms with Crippen molar-refractivity contribution in [2.45, 2.75) is 53.6 Å². The van der Waals surface area contributed by atoms with E-state index in [9.17, 15) is 4.79 Å². The monoisotopic (exact) mass is 289 g/mol. The lowest BCUT2D eigenvalue weighted by Gasteiger charge is -2.12. The zero-order valence-corrected chi connectivity index (χ0v) is 13.3. The van der Waals surface area contributed by atoms with Crippen LogP contribution in [0.1, 0.15) is 47.0 Å². The highest BCUT2D eigenvalue weighted by molar-refractivity contribution is 5.96. The fraction of sp³-hybridized carbons (Fsp3) is 0.533. The summed E-state index contributed by atoms with van der Waals surface area (Å²) in [5.41, 5.74) is 4.35. The number of aromatic amines is 1. The molecular weight excluding hydrogens is 266 g/mol. The van der Waals surface area contributed by atoms with Gasteiger partial charge in [0.05, 0.1) is 17.0 Å². The number of H-pyrrole nitrogens is 1. The van der Waals surface area contributed by atoms with Gasteiger partial charge in [-0.05, 0) is 40.7 Å².